The second kappa shape index (κ2) is 5.22. The maximum atomic E-state index is 13.4. The molecule has 3 rings (SSSR count). The van der Waals surface area contributed by atoms with Crippen LogP contribution in [0.5, 0.6) is 11.6 Å². The van der Waals surface area contributed by atoms with Crippen molar-refractivity contribution < 1.29 is 9.13 Å². The van der Waals surface area contributed by atoms with Gasteiger partial charge in [0.05, 0.1) is 0 Å². The van der Waals surface area contributed by atoms with E-state index < -0.39 is 0 Å². The van der Waals surface area contributed by atoms with E-state index in [1.165, 1.54) is 12.1 Å². The van der Waals surface area contributed by atoms with Crippen LogP contribution in [0, 0.1) is 5.82 Å². The van der Waals surface area contributed by atoms with Gasteiger partial charge in [-0.15, -0.1) is 0 Å². The molecule has 0 bridgehead atoms. The fraction of sp³-hybridized carbons (Fsp3) is 0.0714. The third-order valence-electron chi connectivity index (χ3n) is 2.84. The van der Waals surface area contributed by atoms with Crippen LogP contribution < -0.4 is 10.5 Å². The van der Waals surface area contributed by atoms with Gasteiger partial charge in [-0.3, -0.25) is 4.40 Å². The predicted octanol–water partition coefficient (Wildman–Crippen LogP) is 3.49. The van der Waals surface area contributed by atoms with Crippen molar-refractivity contribution in [2.45, 2.75) is 6.54 Å². The number of halogens is 2. The Morgan fingerprint density at radius 2 is 2.15 bits per heavy atom. The number of pyridine rings is 1. The molecule has 2 heterocycles. The monoisotopic (exact) mass is 335 g/mol. The van der Waals surface area contributed by atoms with E-state index in [9.17, 15) is 4.39 Å². The number of nitrogens with zero attached hydrogens (tertiary/aromatic N) is 2. The van der Waals surface area contributed by atoms with Gasteiger partial charge in [-0.2, -0.15) is 4.98 Å². The van der Waals surface area contributed by atoms with Gasteiger partial charge in [0.1, 0.15) is 22.9 Å². The number of fused-ring (bicyclic) bond motifs is 1. The summed E-state index contributed by atoms with van der Waals surface area (Å²) in [6.07, 6.45) is 1.86. The van der Waals surface area contributed by atoms with Crippen LogP contribution in [0.25, 0.3) is 5.65 Å². The van der Waals surface area contributed by atoms with Gasteiger partial charge >= 0.3 is 0 Å². The van der Waals surface area contributed by atoms with Gasteiger partial charge in [0, 0.05) is 23.3 Å². The number of aromatic nitrogens is 2. The van der Waals surface area contributed by atoms with Crippen LogP contribution in [0.2, 0.25) is 0 Å². The van der Waals surface area contributed by atoms with Gasteiger partial charge in [0.15, 0.2) is 0 Å². The van der Waals surface area contributed by atoms with E-state index in [1.54, 1.807) is 6.07 Å². The summed E-state index contributed by atoms with van der Waals surface area (Å²) in [5, 5.41) is 0. The van der Waals surface area contributed by atoms with E-state index in [2.05, 4.69) is 20.9 Å². The standard InChI is InChI=1S/C14H11BrFN3O/c15-9-5-10(16)7-11(6-9)20-14-12(8-17)19-4-2-1-3-13(19)18-14/h1-7H,8,17H2. The molecular formula is C14H11BrFN3O. The number of hydrogen-bond acceptors (Lipinski definition) is 3. The molecule has 20 heavy (non-hydrogen) atoms. The fourth-order valence-electron chi connectivity index (χ4n) is 1.99. The number of rotatable bonds is 3. The van der Waals surface area contributed by atoms with E-state index in [1.807, 2.05) is 28.8 Å². The Bertz CT molecular complexity index is 752. The van der Waals surface area contributed by atoms with Gasteiger partial charge in [0.2, 0.25) is 5.88 Å². The van der Waals surface area contributed by atoms with E-state index in [0.29, 0.717) is 16.1 Å². The van der Waals surface area contributed by atoms with Crippen LogP contribution in [0.15, 0.2) is 47.1 Å². The van der Waals surface area contributed by atoms with Gasteiger partial charge < -0.3 is 10.5 Å². The number of benzene rings is 1. The van der Waals surface area contributed by atoms with Crippen LogP contribution in [-0.2, 0) is 6.54 Å². The summed E-state index contributed by atoms with van der Waals surface area (Å²) in [4.78, 5) is 4.36. The van der Waals surface area contributed by atoms with Gasteiger partial charge in [-0.25, -0.2) is 4.39 Å². The quantitative estimate of drug-likeness (QED) is 0.797. The lowest BCUT2D eigenvalue weighted by Gasteiger charge is -2.05. The topological polar surface area (TPSA) is 52.5 Å². The van der Waals surface area contributed by atoms with Crippen LogP contribution in [0.1, 0.15) is 5.69 Å². The van der Waals surface area contributed by atoms with Crippen molar-refractivity contribution in [1.82, 2.24) is 9.38 Å². The Balaban J connectivity index is 2.05. The van der Waals surface area contributed by atoms with Crippen LogP contribution in [0.3, 0.4) is 0 Å². The normalized spacial score (nSPS) is 10.9. The lowest BCUT2D eigenvalue weighted by Crippen LogP contribution is -2.02. The van der Waals surface area contributed by atoms with Crippen molar-refractivity contribution in [2.75, 3.05) is 0 Å². The minimum Gasteiger partial charge on any atom is -0.437 e. The highest BCUT2D eigenvalue weighted by Gasteiger charge is 2.13. The summed E-state index contributed by atoms with van der Waals surface area (Å²) >= 11 is 3.23. The van der Waals surface area contributed by atoms with Crippen molar-refractivity contribution in [2.24, 2.45) is 5.73 Å². The highest BCUT2D eigenvalue weighted by atomic mass is 79.9. The smallest absolute Gasteiger partial charge is 0.242 e. The second-order valence-corrected chi connectivity index (χ2v) is 5.12. The minimum atomic E-state index is -0.382. The third kappa shape index (κ3) is 2.39. The molecule has 2 N–H and O–H groups in total. The zero-order valence-electron chi connectivity index (χ0n) is 10.4. The lowest BCUT2D eigenvalue weighted by molar-refractivity contribution is 0.454. The van der Waals surface area contributed by atoms with Crippen LogP contribution in [-0.4, -0.2) is 9.38 Å². The van der Waals surface area contributed by atoms with Crippen LogP contribution >= 0.6 is 15.9 Å². The molecule has 0 aliphatic rings. The molecule has 0 unspecified atom stereocenters. The summed E-state index contributed by atoms with van der Waals surface area (Å²) in [5.41, 5.74) is 7.22. The molecule has 0 atom stereocenters. The molecule has 0 aliphatic heterocycles. The summed E-state index contributed by atoms with van der Waals surface area (Å²) in [6, 6.07) is 9.96. The Kier molecular flexibility index (Phi) is 3.42. The third-order valence-corrected chi connectivity index (χ3v) is 3.29. The molecule has 0 saturated carbocycles. The summed E-state index contributed by atoms with van der Waals surface area (Å²) in [5.74, 6) is 0.374. The first-order valence-corrected chi connectivity index (χ1v) is 6.76. The highest BCUT2D eigenvalue weighted by Crippen LogP contribution is 2.28. The molecular weight excluding hydrogens is 325 g/mol. The Morgan fingerprint density at radius 1 is 1.30 bits per heavy atom. The van der Waals surface area contributed by atoms with E-state index in [-0.39, 0.29) is 12.4 Å². The molecule has 102 valence electrons. The fourth-order valence-corrected chi connectivity index (χ4v) is 2.44. The summed E-state index contributed by atoms with van der Waals surface area (Å²) in [6.45, 7) is 0.275. The zero-order chi connectivity index (χ0) is 14.1. The Morgan fingerprint density at radius 3 is 2.90 bits per heavy atom. The largest absolute Gasteiger partial charge is 0.437 e. The number of hydrogen-bond donors (Lipinski definition) is 1. The van der Waals surface area contributed by atoms with Crippen molar-refractivity contribution >= 4 is 21.6 Å². The molecule has 2 aromatic heterocycles. The molecule has 0 spiro atoms. The number of ether oxygens (including phenoxy) is 1. The van der Waals surface area contributed by atoms with E-state index in [4.69, 9.17) is 10.5 Å². The molecule has 3 aromatic rings. The Hall–Kier alpha value is -1.92. The molecule has 1 aromatic carbocycles. The van der Waals surface area contributed by atoms with Gasteiger partial charge in [-0.1, -0.05) is 22.0 Å². The van der Waals surface area contributed by atoms with E-state index in [0.717, 1.165) is 11.3 Å². The van der Waals surface area contributed by atoms with Gasteiger partial charge in [0.25, 0.3) is 0 Å². The summed E-state index contributed by atoms with van der Waals surface area (Å²) in [7, 11) is 0. The van der Waals surface area contributed by atoms with Crippen LogP contribution in [0.4, 0.5) is 4.39 Å². The van der Waals surface area contributed by atoms with Crippen molar-refractivity contribution in [3.05, 3.63) is 58.6 Å². The van der Waals surface area contributed by atoms with E-state index >= 15 is 0 Å². The first-order valence-electron chi connectivity index (χ1n) is 5.97. The average molecular weight is 336 g/mol. The highest BCUT2D eigenvalue weighted by molar-refractivity contribution is 9.10. The first-order chi connectivity index (χ1) is 9.67. The van der Waals surface area contributed by atoms with Crippen molar-refractivity contribution in [1.29, 1.82) is 0 Å². The molecule has 0 fully saturated rings. The molecule has 6 heteroatoms. The molecule has 0 aliphatic carbocycles. The van der Waals surface area contributed by atoms with Crippen molar-refractivity contribution in [3.8, 4) is 11.6 Å². The van der Waals surface area contributed by atoms with Gasteiger partial charge in [-0.05, 0) is 24.3 Å². The van der Waals surface area contributed by atoms with Crippen molar-refractivity contribution in [3.63, 3.8) is 0 Å². The average Bonchev–Trinajstić information content (AvgIpc) is 2.74. The summed E-state index contributed by atoms with van der Waals surface area (Å²) < 4.78 is 21.5. The SMILES string of the molecule is NCc1c(Oc2cc(F)cc(Br)c2)nc2ccccn12. The maximum absolute atomic E-state index is 13.4. The first kappa shape index (κ1) is 13.1. The molecule has 4 nitrogen and oxygen atoms in total. The minimum absolute atomic E-state index is 0.275. The maximum Gasteiger partial charge on any atom is 0.242 e. The Labute approximate surface area is 123 Å². The number of nitrogens with two attached hydrogens (primary N) is 1. The molecule has 0 radical (unpaired) electrons. The predicted molar refractivity (Wildman–Crippen MR) is 77.3 cm³/mol. The molecule has 0 amide bonds. The number of imidazole rings is 1. The second-order valence-electron chi connectivity index (χ2n) is 4.20. The lowest BCUT2D eigenvalue weighted by atomic mass is 10.3. The zero-order valence-corrected chi connectivity index (χ0v) is 12.0. The molecule has 0 saturated heterocycles.